The normalized spacial score (nSPS) is 48.9. The summed E-state index contributed by atoms with van der Waals surface area (Å²) in [6.07, 6.45) is 11.7. The van der Waals surface area contributed by atoms with Crippen molar-refractivity contribution >= 4 is 5.78 Å². The Kier molecular flexibility index (Phi) is 11.6. The molecule has 0 amide bonds. The van der Waals surface area contributed by atoms with Gasteiger partial charge in [0.2, 0.25) is 0 Å². The van der Waals surface area contributed by atoms with Crippen LogP contribution in [0.15, 0.2) is 24.3 Å². The van der Waals surface area contributed by atoms with Gasteiger partial charge in [0.05, 0.1) is 73.7 Å². The Morgan fingerprint density at radius 2 is 1.49 bits per heavy atom. The van der Waals surface area contributed by atoms with Crippen LogP contribution in [0.5, 0.6) is 0 Å². The van der Waals surface area contributed by atoms with Gasteiger partial charge < -0.3 is 53.1 Å². The van der Waals surface area contributed by atoms with Crippen molar-refractivity contribution in [2.75, 3.05) is 20.2 Å². The molecule has 2 N–H and O–H groups in total. The van der Waals surface area contributed by atoms with Gasteiger partial charge in [-0.2, -0.15) is 0 Å². The highest BCUT2D eigenvalue weighted by Gasteiger charge is 2.64. The van der Waals surface area contributed by atoms with Crippen LogP contribution in [0.25, 0.3) is 0 Å². The first-order valence-electron chi connectivity index (χ1n) is 21.2. The zero-order valence-electron chi connectivity index (χ0n) is 32.3. The number of ether oxygens (including phenoxy) is 9. The number of terminal acetylenes is 1. The van der Waals surface area contributed by atoms with Crippen LogP contribution in [0.4, 0.5) is 0 Å². The van der Waals surface area contributed by atoms with Crippen molar-refractivity contribution in [3.8, 4) is 12.3 Å². The minimum absolute atomic E-state index is 0.0127. The molecule has 9 saturated heterocycles. The molecule has 0 aromatic rings. The Morgan fingerprint density at radius 1 is 0.764 bits per heavy atom. The third kappa shape index (κ3) is 7.90. The van der Waals surface area contributed by atoms with Crippen LogP contribution >= 0.6 is 0 Å². The maximum atomic E-state index is 14.1. The molecule has 9 fully saturated rings. The van der Waals surface area contributed by atoms with Crippen molar-refractivity contribution in [2.45, 2.75) is 194 Å². The van der Waals surface area contributed by atoms with Crippen LogP contribution in [0.3, 0.4) is 0 Å². The average molecular weight is 768 g/mol. The largest absolute Gasteiger partial charge is 0.392 e. The van der Waals surface area contributed by atoms with E-state index in [9.17, 15) is 9.90 Å². The number of carbonyl (C=O) groups is 1. The Bertz CT molecular complexity index is 1470. The minimum atomic E-state index is -0.689. The van der Waals surface area contributed by atoms with Gasteiger partial charge in [-0.1, -0.05) is 19.1 Å². The van der Waals surface area contributed by atoms with Gasteiger partial charge in [-0.05, 0) is 75.4 Å². The molecule has 19 atom stereocenters. The Morgan fingerprint density at radius 3 is 2.35 bits per heavy atom. The molecule has 0 aromatic carbocycles. The molecule has 55 heavy (non-hydrogen) atoms. The molecule has 0 saturated carbocycles. The second kappa shape index (κ2) is 16.5. The summed E-state index contributed by atoms with van der Waals surface area (Å²) in [6, 6.07) is 0. The topological polar surface area (TPSA) is 132 Å². The lowest BCUT2D eigenvalue weighted by Crippen LogP contribution is -2.61. The van der Waals surface area contributed by atoms with Gasteiger partial charge in [0.25, 0.3) is 0 Å². The SMILES string of the molecule is C#CCNCC(O)C[C@H]1O[C@H]2C[C@H]3OC(CCC3=C)CCC3OC(CCC4C[C@H]5OC6[C@H]7OC8CCC(CC(=O)CC2[C@H]1OC)O[C@@H]8[C@@H]6O[C@@H]4OC75)CC3=C. The highest BCUT2D eigenvalue weighted by atomic mass is 16.7. The third-order valence-electron chi connectivity index (χ3n) is 14.2. The molecule has 9 aliphatic rings. The number of aliphatic hydroxyl groups is 1. The highest BCUT2D eigenvalue weighted by molar-refractivity contribution is 5.79. The molecular formula is C43H61NO11. The van der Waals surface area contributed by atoms with Crippen LogP contribution < -0.4 is 5.32 Å². The van der Waals surface area contributed by atoms with Gasteiger partial charge in [-0.3, -0.25) is 4.79 Å². The summed E-state index contributed by atoms with van der Waals surface area (Å²) in [6.45, 7) is 9.56. The number of carbonyl (C=O) groups excluding carboxylic acids is 1. The Hall–Kier alpha value is -1.73. The molecule has 12 nitrogen and oxygen atoms in total. The summed E-state index contributed by atoms with van der Waals surface area (Å²) in [7, 11) is 1.67. The minimum Gasteiger partial charge on any atom is -0.392 e. The number of nitrogens with one attached hydrogen (secondary N) is 1. The first-order valence-corrected chi connectivity index (χ1v) is 21.2. The lowest BCUT2D eigenvalue weighted by Gasteiger charge is -2.47. The molecule has 9 aliphatic heterocycles. The van der Waals surface area contributed by atoms with E-state index in [2.05, 4.69) is 24.4 Å². The smallest absolute Gasteiger partial charge is 0.161 e. The van der Waals surface area contributed by atoms with Gasteiger partial charge in [-0.15, -0.1) is 6.42 Å². The second-order valence-electron chi connectivity index (χ2n) is 17.8. The average Bonchev–Trinajstić information content (AvgIpc) is 3.79. The number of rotatable bonds is 6. The maximum Gasteiger partial charge on any atom is 0.161 e. The van der Waals surface area contributed by atoms with Crippen molar-refractivity contribution in [1.82, 2.24) is 5.32 Å². The van der Waals surface area contributed by atoms with Crippen molar-refractivity contribution in [2.24, 2.45) is 11.8 Å². The predicted molar refractivity (Wildman–Crippen MR) is 199 cm³/mol. The molecule has 12 heteroatoms. The van der Waals surface area contributed by atoms with E-state index in [0.717, 1.165) is 75.4 Å². The molecule has 0 radical (unpaired) electrons. The van der Waals surface area contributed by atoms with E-state index in [0.29, 0.717) is 25.9 Å². The van der Waals surface area contributed by atoms with E-state index in [-0.39, 0.29) is 122 Å². The standard InChI is InChI=1S/C43H61NO11/c1-5-14-44-21-26(46)19-36-37(47-4)30-18-25(45)17-29-11-13-32-38(50-29)41-42-40(52-32)39-35(53-42)16-24(43(54-39)55-41)7-9-28-15-23(3)31(49-28)12-10-27-8-6-22(2)33(48-27)20-34(30)51-36/h1,24,26-44,46H,2-3,6-21H2,4H3/t24?,26?,27?,28?,29?,30?,31?,32?,33-,34+,35-,36-,37-,38+,39?,40+,41+,42?,43+/m1/s1. The van der Waals surface area contributed by atoms with Crippen LogP contribution in [0, 0.1) is 24.2 Å². The zero-order chi connectivity index (χ0) is 37.8. The molecular weight excluding hydrogens is 706 g/mol. The lowest BCUT2D eigenvalue weighted by molar-refractivity contribution is -0.309. The molecule has 0 spiro atoms. The molecule has 304 valence electrons. The number of methoxy groups -OCH3 is 1. The van der Waals surface area contributed by atoms with Crippen LogP contribution in [-0.4, -0.2) is 135 Å². The molecule has 11 bridgehead atoms. The summed E-state index contributed by atoms with van der Waals surface area (Å²) in [5.41, 5.74) is 2.21. The number of hydrogen-bond acceptors (Lipinski definition) is 12. The molecule has 0 aliphatic carbocycles. The predicted octanol–water partition coefficient (Wildman–Crippen LogP) is 3.70. The number of Topliss-reactive ketones (excluding diaryl/α,β-unsaturated/α-hetero) is 1. The van der Waals surface area contributed by atoms with E-state index in [1.165, 1.54) is 0 Å². The summed E-state index contributed by atoms with van der Waals surface area (Å²) >= 11 is 0. The van der Waals surface area contributed by atoms with Crippen molar-refractivity contribution in [3.05, 3.63) is 24.3 Å². The number of ketones is 1. The monoisotopic (exact) mass is 767 g/mol. The summed E-state index contributed by atoms with van der Waals surface area (Å²) in [5, 5.41) is 14.0. The van der Waals surface area contributed by atoms with E-state index < -0.39 is 12.2 Å². The van der Waals surface area contributed by atoms with Crippen LogP contribution in [0.2, 0.25) is 0 Å². The summed E-state index contributed by atoms with van der Waals surface area (Å²) < 4.78 is 60.0. The van der Waals surface area contributed by atoms with Crippen molar-refractivity contribution < 1.29 is 52.5 Å². The molecule has 0 aromatic heterocycles. The summed E-state index contributed by atoms with van der Waals surface area (Å²) in [5.74, 6) is 2.60. The van der Waals surface area contributed by atoms with E-state index >= 15 is 0 Å². The Balaban J connectivity index is 0.961. The summed E-state index contributed by atoms with van der Waals surface area (Å²) in [4.78, 5) is 14.1. The maximum absolute atomic E-state index is 14.1. The van der Waals surface area contributed by atoms with Gasteiger partial charge in [0.1, 0.15) is 36.3 Å². The van der Waals surface area contributed by atoms with E-state index in [4.69, 9.17) is 49.1 Å². The lowest BCUT2D eigenvalue weighted by atomic mass is 9.83. The van der Waals surface area contributed by atoms with Crippen molar-refractivity contribution in [1.29, 1.82) is 0 Å². The van der Waals surface area contributed by atoms with E-state index in [1.807, 2.05) is 0 Å². The number of aliphatic hydroxyl groups excluding tert-OH is 1. The first kappa shape index (κ1) is 38.8. The Labute approximate surface area is 325 Å². The van der Waals surface area contributed by atoms with Crippen molar-refractivity contribution in [3.63, 3.8) is 0 Å². The molecule has 9 heterocycles. The fourth-order valence-corrected chi connectivity index (χ4v) is 11.5. The number of fused-ring (bicyclic) bond motifs is 6. The van der Waals surface area contributed by atoms with Gasteiger partial charge in [-0.25, -0.2) is 0 Å². The molecule has 9 rings (SSSR count). The zero-order valence-corrected chi connectivity index (χ0v) is 32.3. The quantitative estimate of drug-likeness (QED) is 0.232. The number of hydrogen-bond donors (Lipinski definition) is 2. The highest BCUT2D eigenvalue weighted by Crippen LogP contribution is 2.50. The third-order valence-corrected chi connectivity index (χ3v) is 14.2. The second-order valence-corrected chi connectivity index (χ2v) is 17.8. The van der Waals surface area contributed by atoms with Gasteiger partial charge in [0.15, 0.2) is 6.29 Å². The van der Waals surface area contributed by atoms with Crippen LogP contribution in [-0.2, 0) is 47.4 Å². The fourth-order valence-electron chi connectivity index (χ4n) is 11.5. The van der Waals surface area contributed by atoms with Gasteiger partial charge in [0, 0.05) is 51.2 Å². The van der Waals surface area contributed by atoms with E-state index in [1.54, 1.807) is 7.11 Å². The fraction of sp³-hybridized carbons (Fsp3) is 0.837. The first-order chi connectivity index (χ1) is 26.7. The van der Waals surface area contributed by atoms with Crippen LogP contribution in [0.1, 0.15) is 89.9 Å². The van der Waals surface area contributed by atoms with Gasteiger partial charge >= 0.3 is 0 Å². The molecule has 10 unspecified atom stereocenters.